The van der Waals surface area contributed by atoms with Gasteiger partial charge in [0.2, 0.25) is 0 Å². The fourth-order valence-electron chi connectivity index (χ4n) is 2.76. The largest absolute Gasteiger partial charge is 0.433 e. The lowest BCUT2D eigenvalue weighted by Crippen LogP contribution is -2.19. The zero-order valence-electron chi connectivity index (χ0n) is 15.2. The van der Waals surface area contributed by atoms with Gasteiger partial charge in [-0.1, -0.05) is 24.3 Å². The Labute approximate surface area is 173 Å². The van der Waals surface area contributed by atoms with Gasteiger partial charge >= 0.3 is 18.5 Å². The normalized spacial score (nSPS) is 13.4. The van der Waals surface area contributed by atoms with Crippen molar-refractivity contribution < 1.29 is 47.9 Å². The van der Waals surface area contributed by atoms with E-state index in [4.69, 9.17) is 0 Å². The van der Waals surface area contributed by atoms with Gasteiger partial charge in [0.1, 0.15) is 11.5 Å². The third kappa shape index (κ3) is 4.89. The summed E-state index contributed by atoms with van der Waals surface area (Å²) in [6.07, 6.45) is -15.6. The Morgan fingerprint density at radius 1 is 0.750 bits per heavy atom. The predicted octanol–water partition coefficient (Wildman–Crippen LogP) is 6.09. The quantitative estimate of drug-likeness (QED) is 0.454. The molecule has 32 heavy (non-hydrogen) atoms. The minimum absolute atomic E-state index is 0.00148. The smallest absolute Gasteiger partial charge is 0.263 e. The molecule has 0 bridgehead atoms. The molecule has 0 saturated carbocycles. The van der Waals surface area contributed by atoms with Crippen molar-refractivity contribution in [3.8, 4) is 0 Å². The van der Waals surface area contributed by atoms with E-state index in [9.17, 15) is 47.9 Å². The van der Waals surface area contributed by atoms with Gasteiger partial charge in [0.15, 0.2) is 0 Å². The second kappa shape index (κ2) is 7.53. The Kier molecular flexibility index (Phi) is 5.56. The molecule has 0 atom stereocenters. The summed E-state index contributed by atoms with van der Waals surface area (Å²) < 4.78 is 144. The second-order valence-electron chi connectivity index (χ2n) is 6.42. The molecule has 0 spiro atoms. The molecule has 1 heterocycles. The first-order chi connectivity index (χ1) is 14.5. The molecule has 4 nitrogen and oxygen atoms in total. The standard InChI is InChI=1S/C18H9F9N2O2S/c19-16(20,21)10-6-14(18(25,26)27)28-15(7-10)29-32(30,31)11-5-9-3-1-2-4-12(9)13(8-11)17(22,23)24/h1-8H,(H,28,29). The van der Waals surface area contributed by atoms with Crippen LogP contribution in [-0.4, -0.2) is 13.4 Å². The molecule has 0 fully saturated rings. The lowest BCUT2D eigenvalue weighted by Gasteiger charge is -2.16. The van der Waals surface area contributed by atoms with Gasteiger partial charge in [-0.25, -0.2) is 13.4 Å². The summed E-state index contributed by atoms with van der Waals surface area (Å²) in [5.74, 6) is -1.37. The van der Waals surface area contributed by atoms with Crippen molar-refractivity contribution in [1.29, 1.82) is 0 Å². The number of fused-ring (bicyclic) bond motifs is 1. The maximum Gasteiger partial charge on any atom is 0.433 e. The summed E-state index contributed by atoms with van der Waals surface area (Å²) in [5, 5.41) is -0.522. The number of benzene rings is 2. The summed E-state index contributed by atoms with van der Waals surface area (Å²) >= 11 is 0. The summed E-state index contributed by atoms with van der Waals surface area (Å²) in [7, 11) is -5.06. The molecule has 172 valence electrons. The average Bonchev–Trinajstić information content (AvgIpc) is 2.64. The van der Waals surface area contributed by atoms with Crippen molar-refractivity contribution in [3.05, 3.63) is 65.4 Å². The van der Waals surface area contributed by atoms with Crippen molar-refractivity contribution in [2.45, 2.75) is 23.4 Å². The number of nitrogens with one attached hydrogen (secondary N) is 1. The minimum Gasteiger partial charge on any atom is -0.263 e. The van der Waals surface area contributed by atoms with E-state index in [1.807, 2.05) is 0 Å². The maximum absolute atomic E-state index is 13.4. The topological polar surface area (TPSA) is 59.1 Å². The molecule has 0 saturated heterocycles. The fraction of sp³-hybridized carbons (Fsp3) is 0.167. The summed E-state index contributed by atoms with van der Waals surface area (Å²) in [6, 6.07) is 5.52. The van der Waals surface area contributed by atoms with Gasteiger partial charge in [0.05, 0.1) is 16.0 Å². The Morgan fingerprint density at radius 2 is 1.38 bits per heavy atom. The highest BCUT2D eigenvalue weighted by Crippen LogP contribution is 2.38. The number of sulfonamides is 1. The van der Waals surface area contributed by atoms with E-state index in [1.54, 1.807) is 0 Å². The van der Waals surface area contributed by atoms with Gasteiger partial charge in [-0.2, -0.15) is 39.5 Å². The van der Waals surface area contributed by atoms with Crippen LogP contribution in [0.4, 0.5) is 45.3 Å². The molecule has 2 aromatic carbocycles. The number of hydrogen-bond donors (Lipinski definition) is 1. The third-order valence-corrected chi connectivity index (χ3v) is 5.47. The van der Waals surface area contributed by atoms with Crippen LogP contribution in [0.15, 0.2) is 53.4 Å². The van der Waals surface area contributed by atoms with Crippen LogP contribution in [0.5, 0.6) is 0 Å². The molecular formula is C18H9F9N2O2S. The van der Waals surface area contributed by atoms with E-state index in [-0.39, 0.29) is 29.0 Å². The number of hydrogen-bond acceptors (Lipinski definition) is 3. The second-order valence-corrected chi connectivity index (χ2v) is 8.10. The number of aromatic nitrogens is 1. The fourth-order valence-corrected chi connectivity index (χ4v) is 3.81. The molecule has 0 unspecified atom stereocenters. The first-order valence-corrected chi connectivity index (χ1v) is 9.76. The Hall–Kier alpha value is -3.03. The number of pyridine rings is 1. The number of halogens is 9. The zero-order valence-corrected chi connectivity index (χ0v) is 16.0. The minimum atomic E-state index is -5.35. The van der Waals surface area contributed by atoms with Crippen molar-refractivity contribution in [1.82, 2.24) is 4.98 Å². The summed E-state index contributed by atoms with van der Waals surface area (Å²) in [5.41, 5.74) is -5.25. The molecule has 14 heteroatoms. The van der Waals surface area contributed by atoms with Crippen LogP contribution < -0.4 is 4.72 Å². The average molecular weight is 488 g/mol. The molecule has 0 aliphatic carbocycles. The van der Waals surface area contributed by atoms with Gasteiger partial charge in [0, 0.05) is 0 Å². The summed E-state index contributed by atoms with van der Waals surface area (Å²) in [6.45, 7) is 0. The van der Waals surface area contributed by atoms with Gasteiger partial charge in [-0.05, 0) is 35.0 Å². The molecule has 0 aliphatic heterocycles. The predicted molar refractivity (Wildman–Crippen MR) is 94.0 cm³/mol. The van der Waals surface area contributed by atoms with E-state index in [2.05, 4.69) is 4.98 Å². The molecular weight excluding hydrogens is 479 g/mol. The van der Waals surface area contributed by atoms with Crippen LogP contribution in [-0.2, 0) is 28.6 Å². The number of alkyl halides is 9. The van der Waals surface area contributed by atoms with Crippen LogP contribution in [0.25, 0.3) is 10.8 Å². The van der Waals surface area contributed by atoms with Crippen molar-refractivity contribution >= 4 is 26.6 Å². The van der Waals surface area contributed by atoms with E-state index in [0.29, 0.717) is 0 Å². The Morgan fingerprint density at radius 3 is 1.94 bits per heavy atom. The Balaban J connectivity index is 2.15. The van der Waals surface area contributed by atoms with Crippen molar-refractivity contribution in [2.24, 2.45) is 0 Å². The van der Waals surface area contributed by atoms with Crippen LogP contribution in [0.2, 0.25) is 0 Å². The van der Waals surface area contributed by atoms with Crippen molar-refractivity contribution in [2.75, 3.05) is 4.72 Å². The lowest BCUT2D eigenvalue weighted by molar-refractivity contribution is -0.145. The van der Waals surface area contributed by atoms with Crippen molar-refractivity contribution in [3.63, 3.8) is 0 Å². The van der Waals surface area contributed by atoms with Gasteiger partial charge in [0.25, 0.3) is 10.0 Å². The molecule has 0 amide bonds. The van der Waals surface area contributed by atoms with E-state index >= 15 is 0 Å². The van der Waals surface area contributed by atoms with Crippen LogP contribution >= 0.6 is 0 Å². The highest BCUT2D eigenvalue weighted by atomic mass is 32.2. The number of rotatable bonds is 3. The lowest BCUT2D eigenvalue weighted by atomic mass is 10.0. The van der Waals surface area contributed by atoms with E-state index in [1.165, 1.54) is 16.9 Å². The SMILES string of the molecule is O=S(=O)(Nc1cc(C(F)(F)F)cc(C(F)(F)F)n1)c1cc(C(F)(F)F)c2ccccc2c1. The molecule has 3 rings (SSSR count). The van der Waals surface area contributed by atoms with Gasteiger partial charge < -0.3 is 0 Å². The first kappa shape index (κ1) is 23.6. The molecule has 0 radical (unpaired) electrons. The third-order valence-electron chi connectivity index (χ3n) is 4.13. The highest BCUT2D eigenvalue weighted by Gasteiger charge is 2.39. The number of anilines is 1. The van der Waals surface area contributed by atoms with Gasteiger partial charge in [-0.15, -0.1) is 0 Å². The Bertz CT molecular complexity index is 1250. The summed E-state index contributed by atoms with van der Waals surface area (Å²) in [4.78, 5) is 1.79. The van der Waals surface area contributed by atoms with Crippen LogP contribution in [0, 0.1) is 0 Å². The first-order valence-electron chi connectivity index (χ1n) is 8.28. The van der Waals surface area contributed by atoms with Crippen LogP contribution in [0.1, 0.15) is 16.8 Å². The van der Waals surface area contributed by atoms with E-state index < -0.39 is 56.1 Å². The zero-order chi connectivity index (χ0) is 24.1. The highest BCUT2D eigenvalue weighted by molar-refractivity contribution is 7.92. The van der Waals surface area contributed by atoms with Crippen LogP contribution in [0.3, 0.4) is 0 Å². The van der Waals surface area contributed by atoms with E-state index in [0.717, 1.165) is 18.2 Å². The monoisotopic (exact) mass is 488 g/mol. The molecule has 1 aromatic heterocycles. The maximum atomic E-state index is 13.4. The molecule has 0 aliphatic rings. The molecule has 1 N–H and O–H groups in total. The number of nitrogens with zero attached hydrogens (tertiary/aromatic N) is 1. The van der Waals surface area contributed by atoms with Gasteiger partial charge in [-0.3, -0.25) is 4.72 Å². The molecule has 3 aromatic rings.